The van der Waals surface area contributed by atoms with Crippen LogP contribution >= 0.6 is 22.7 Å². The van der Waals surface area contributed by atoms with E-state index in [9.17, 15) is 9.59 Å². The molecule has 0 spiro atoms. The maximum Gasteiger partial charge on any atom is 0.328 e. The smallest absolute Gasteiger partial charge is 0.328 e. The molecular weight excluding hydrogens is 380 g/mol. The molecule has 0 unspecified atom stereocenters. The fourth-order valence-electron chi connectivity index (χ4n) is 3.42. The molecule has 2 heterocycles. The van der Waals surface area contributed by atoms with Gasteiger partial charge in [-0.25, -0.2) is 9.59 Å². The first kappa shape index (κ1) is 19.3. The van der Waals surface area contributed by atoms with Crippen LogP contribution in [0.15, 0.2) is 24.3 Å². The summed E-state index contributed by atoms with van der Waals surface area (Å²) in [5.41, 5.74) is 5.05. The molecular formula is C21H20O4S2. The van der Waals surface area contributed by atoms with Gasteiger partial charge in [0.1, 0.15) is 0 Å². The normalized spacial score (nSPS) is 14.7. The molecule has 0 aromatic carbocycles. The first-order valence-electron chi connectivity index (χ1n) is 8.61. The van der Waals surface area contributed by atoms with Gasteiger partial charge in [-0.3, -0.25) is 0 Å². The molecule has 0 radical (unpaired) electrons. The minimum Gasteiger partial charge on any atom is -0.478 e. The van der Waals surface area contributed by atoms with Crippen LogP contribution in [-0.2, 0) is 9.59 Å². The van der Waals surface area contributed by atoms with Crippen LogP contribution in [0.25, 0.3) is 23.3 Å². The number of carboxylic acid groups (broad SMARTS) is 2. The van der Waals surface area contributed by atoms with Gasteiger partial charge < -0.3 is 10.2 Å². The van der Waals surface area contributed by atoms with E-state index < -0.39 is 11.9 Å². The van der Waals surface area contributed by atoms with Crippen LogP contribution in [0, 0.1) is 13.8 Å². The molecule has 27 heavy (non-hydrogen) atoms. The molecule has 2 N–H and O–H groups in total. The molecule has 0 bridgehead atoms. The predicted octanol–water partition coefficient (Wildman–Crippen LogP) is 5.72. The van der Waals surface area contributed by atoms with Crippen molar-refractivity contribution in [3.8, 4) is 0 Å². The molecule has 2 aromatic heterocycles. The average molecular weight is 401 g/mol. The Morgan fingerprint density at radius 2 is 1.26 bits per heavy atom. The maximum absolute atomic E-state index is 10.8. The Labute approximate surface area is 165 Å². The number of hydrogen-bond acceptors (Lipinski definition) is 4. The number of carboxylic acids is 2. The van der Waals surface area contributed by atoms with Crippen LogP contribution in [0.5, 0.6) is 0 Å². The molecule has 0 amide bonds. The lowest BCUT2D eigenvalue weighted by Crippen LogP contribution is -1.87. The van der Waals surface area contributed by atoms with Crippen LogP contribution in [0.2, 0.25) is 0 Å². The van der Waals surface area contributed by atoms with Crippen LogP contribution in [0.1, 0.15) is 49.9 Å². The Morgan fingerprint density at radius 3 is 1.63 bits per heavy atom. The van der Waals surface area contributed by atoms with E-state index in [1.165, 1.54) is 44.2 Å². The van der Waals surface area contributed by atoms with Crippen molar-refractivity contribution in [1.29, 1.82) is 0 Å². The van der Waals surface area contributed by atoms with Gasteiger partial charge in [-0.15, -0.1) is 22.7 Å². The standard InChI is InChI=1S/C21H20O4S2/c1-12-18(10-14(26-12)6-8-20(22)23)16-4-3-5-17(16)19-11-15(27-13(19)2)7-9-21(24)25/h6-11H,3-5H2,1-2H3,(H,22,23)(H,24,25). The number of allylic oxidation sites excluding steroid dienone is 2. The van der Waals surface area contributed by atoms with Gasteiger partial charge in [0, 0.05) is 31.7 Å². The van der Waals surface area contributed by atoms with E-state index in [1.807, 2.05) is 0 Å². The van der Waals surface area contributed by atoms with Gasteiger partial charge in [-0.1, -0.05) is 0 Å². The highest BCUT2D eigenvalue weighted by Crippen LogP contribution is 2.45. The molecule has 2 aromatic rings. The molecule has 6 heteroatoms. The lowest BCUT2D eigenvalue weighted by atomic mass is 9.97. The van der Waals surface area contributed by atoms with E-state index in [0.29, 0.717) is 0 Å². The summed E-state index contributed by atoms with van der Waals surface area (Å²) in [4.78, 5) is 25.8. The number of hydrogen-bond donors (Lipinski definition) is 2. The molecule has 140 valence electrons. The third kappa shape index (κ3) is 4.46. The van der Waals surface area contributed by atoms with Crippen molar-refractivity contribution in [2.75, 3.05) is 0 Å². The average Bonchev–Trinajstić information content (AvgIpc) is 3.29. The van der Waals surface area contributed by atoms with Gasteiger partial charge in [0.15, 0.2) is 0 Å². The van der Waals surface area contributed by atoms with Crippen molar-refractivity contribution >= 4 is 57.9 Å². The largest absolute Gasteiger partial charge is 0.478 e. The van der Waals surface area contributed by atoms with Crippen LogP contribution in [0.4, 0.5) is 0 Å². The van der Waals surface area contributed by atoms with Crippen LogP contribution in [0.3, 0.4) is 0 Å². The molecule has 0 saturated carbocycles. The van der Waals surface area contributed by atoms with Crippen LogP contribution < -0.4 is 0 Å². The molecule has 0 saturated heterocycles. The highest BCUT2D eigenvalue weighted by atomic mass is 32.1. The SMILES string of the molecule is Cc1sc(C=CC(=O)O)cc1C1=C(c2cc(C=CC(=O)O)sc2C)CCC1. The zero-order valence-corrected chi connectivity index (χ0v) is 16.7. The second-order valence-corrected chi connectivity index (χ2v) is 8.97. The molecule has 3 rings (SSSR count). The third-order valence-corrected chi connectivity index (χ3v) is 6.55. The van der Waals surface area contributed by atoms with E-state index in [-0.39, 0.29) is 0 Å². The molecule has 1 aliphatic rings. The van der Waals surface area contributed by atoms with Gasteiger partial charge in [0.25, 0.3) is 0 Å². The van der Waals surface area contributed by atoms with Crippen molar-refractivity contribution in [3.05, 3.63) is 54.9 Å². The fourth-order valence-corrected chi connectivity index (χ4v) is 5.34. The minimum atomic E-state index is -0.945. The fraction of sp³-hybridized carbons (Fsp3) is 0.238. The van der Waals surface area contributed by atoms with Gasteiger partial charge in [-0.05, 0) is 79.7 Å². The Hall–Kier alpha value is -2.44. The first-order valence-corrected chi connectivity index (χ1v) is 10.2. The maximum atomic E-state index is 10.8. The molecule has 0 atom stereocenters. The van der Waals surface area contributed by atoms with Crippen LogP contribution in [-0.4, -0.2) is 22.2 Å². The van der Waals surface area contributed by atoms with E-state index in [2.05, 4.69) is 26.0 Å². The van der Waals surface area contributed by atoms with Gasteiger partial charge in [0.05, 0.1) is 0 Å². The Kier molecular flexibility index (Phi) is 5.77. The van der Waals surface area contributed by atoms with Gasteiger partial charge in [-0.2, -0.15) is 0 Å². The summed E-state index contributed by atoms with van der Waals surface area (Å²) in [5.74, 6) is -1.89. The summed E-state index contributed by atoms with van der Waals surface area (Å²) in [5, 5.41) is 17.7. The summed E-state index contributed by atoms with van der Waals surface area (Å²) < 4.78 is 0. The van der Waals surface area contributed by atoms with Crippen molar-refractivity contribution in [2.24, 2.45) is 0 Å². The highest BCUT2D eigenvalue weighted by molar-refractivity contribution is 7.13. The number of carbonyl (C=O) groups is 2. The monoisotopic (exact) mass is 400 g/mol. The first-order chi connectivity index (χ1) is 12.8. The second-order valence-electron chi connectivity index (χ2n) is 6.39. The number of thiophene rings is 2. The van der Waals surface area contributed by atoms with E-state index in [1.54, 1.807) is 34.8 Å². The zero-order chi connectivity index (χ0) is 19.6. The molecule has 0 aliphatic heterocycles. The van der Waals surface area contributed by atoms with Crippen molar-refractivity contribution in [2.45, 2.75) is 33.1 Å². The Morgan fingerprint density at radius 1 is 0.852 bits per heavy atom. The lowest BCUT2D eigenvalue weighted by molar-refractivity contribution is -0.132. The molecule has 4 nitrogen and oxygen atoms in total. The minimum absolute atomic E-state index is 0.941. The second kappa shape index (κ2) is 8.06. The van der Waals surface area contributed by atoms with Gasteiger partial charge >= 0.3 is 11.9 Å². The third-order valence-electron chi connectivity index (χ3n) is 4.52. The molecule has 1 aliphatic carbocycles. The van der Waals surface area contributed by atoms with E-state index >= 15 is 0 Å². The van der Waals surface area contributed by atoms with Crippen molar-refractivity contribution in [1.82, 2.24) is 0 Å². The van der Waals surface area contributed by atoms with Crippen molar-refractivity contribution < 1.29 is 19.8 Å². The van der Waals surface area contributed by atoms with Crippen molar-refractivity contribution in [3.63, 3.8) is 0 Å². The van der Waals surface area contributed by atoms with E-state index in [4.69, 9.17) is 10.2 Å². The quantitative estimate of drug-likeness (QED) is 0.609. The summed E-state index contributed by atoms with van der Waals surface area (Å²) in [6.07, 6.45) is 8.73. The number of rotatable bonds is 6. The Bertz CT molecular complexity index is 908. The topological polar surface area (TPSA) is 74.6 Å². The van der Waals surface area contributed by atoms with E-state index in [0.717, 1.165) is 29.0 Å². The predicted molar refractivity (Wildman–Crippen MR) is 112 cm³/mol. The summed E-state index contributed by atoms with van der Waals surface area (Å²) in [6.45, 7) is 4.14. The summed E-state index contributed by atoms with van der Waals surface area (Å²) in [6, 6.07) is 4.15. The molecule has 0 fully saturated rings. The summed E-state index contributed by atoms with van der Waals surface area (Å²) in [7, 11) is 0. The highest BCUT2D eigenvalue weighted by Gasteiger charge is 2.22. The van der Waals surface area contributed by atoms with Gasteiger partial charge in [0.2, 0.25) is 0 Å². The lowest BCUT2D eigenvalue weighted by Gasteiger charge is -2.07. The number of aliphatic carboxylic acids is 2. The number of aryl methyl sites for hydroxylation is 2. The summed E-state index contributed by atoms with van der Waals surface area (Å²) >= 11 is 3.21. The zero-order valence-electron chi connectivity index (χ0n) is 15.1. The Balaban J connectivity index is 2.00.